The highest BCUT2D eigenvalue weighted by Gasteiger charge is 2.08. The lowest BCUT2D eigenvalue weighted by Crippen LogP contribution is -2.25. The van der Waals surface area contributed by atoms with Gasteiger partial charge in [-0.2, -0.15) is 0 Å². The van der Waals surface area contributed by atoms with Crippen molar-refractivity contribution in [2.24, 2.45) is 0 Å². The zero-order valence-electron chi connectivity index (χ0n) is 7.64. The van der Waals surface area contributed by atoms with Crippen molar-refractivity contribution in [3.05, 3.63) is 6.20 Å². The largest absolute Gasteiger partial charge is 0.480 e. The van der Waals surface area contributed by atoms with Crippen LogP contribution >= 0.6 is 0 Å². The maximum atomic E-state index is 10.4. The number of rotatable bonds is 4. The molecule has 0 aliphatic heterocycles. The first kappa shape index (κ1) is 9.50. The van der Waals surface area contributed by atoms with Gasteiger partial charge in [0.2, 0.25) is 0 Å². The molecule has 0 saturated carbocycles. The highest BCUT2D eigenvalue weighted by Crippen LogP contribution is 2.05. The Kier molecular flexibility index (Phi) is 2.84. The zero-order valence-corrected chi connectivity index (χ0v) is 7.64. The molecule has 0 atom stereocenters. The predicted octanol–water partition coefficient (Wildman–Crippen LogP) is -0.181. The number of aryl methyl sites for hydroxylation is 1. The fourth-order valence-electron chi connectivity index (χ4n) is 0.902. The van der Waals surface area contributed by atoms with Crippen molar-refractivity contribution in [2.75, 3.05) is 18.5 Å². The summed E-state index contributed by atoms with van der Waals surface area (Å²) in [4.78, 5) is 11.9. The Morgan fingerprint density at radius 2 is 2.46 bits per heavy atom. The smallest absolute Gasteiger partial charge is 0.323 e. The molecule has 1 heterocycles. The standard InChI is InChI=1S/C7H12N4O2/c1-3-11-4-6(8-9-11)10(2)5-7(12)13/h4H,3,5H2,1-2H3,(H,12,13). The number of hydrogen-bond donors (Lipinski definition) is 1. The van der Waals surface area contributed by atoms with Crippen LogP contribution in [0.2, 0.25) is 0 Å². The number of nitrogens with zero attached hydrogens (tertiary/aromatic N) is 4. The second-order valence-electron chi connectivity index (χ2n) is 2.68. The molecular formula is C7H12N4O2. The Morgan fingerprint density at radius 3 is 2.92 bits per heavy atom. The van der Waals surface area contributed by atoms with Gasteiger partial charge in [0, 0.05) is 13.6 Å². The van der Waals surface area contributed by atoms with Crippen LogP contribution in [0.1, 0.15) is 6.92 Å². The lowest BCUT2D eigenvalue weighted by Gasteiger charge is -2.10. The lowest BCUT2D eigenvalue weighted by molar-refractivity contribution is -0.135. The third-order valence-electron chi connectivity index (χ3n) is 1.61. The van der Waals surface area contributed by atoms with Gasteiger partial charge in [-0.25, -0.2) is 0 Å². The van der Waals surface area contributed by atoms with Crippen LogP contribution in [0.4, 0.5) is 5.82 Å². The number of hydrogen-bond acceptors (Lipinski definition) is 4. The molecule has 72 valence electrons. The number of carbonyl (C=O) groups is 1. The second-order valence-corrected chi connectivity index (χ2v) is 2.68. The van der Waals surface area contributed by atoms with Crippen LogP contribution in [0.3, 0.4) is 0 Å². The molecule has 0 amide bonds. The summed E-state index contributed by atoms with van der Waals surface area (Å²) >= 11 is 0. The first-order valence-electron chi connectivity index (χ1n) is 3.96. The summed E-state index contributed by atoms with van der Waals surface area (Å²) in [5.41, 5.74) is 0. The van der Waals surface area contributed by atoms with Crippen LogP contribution in [0.5, 0.6) is 0 Å². The van der Waals surface area contributed by atoms with E-state index in [0.29, 0.717) is 5.82 Å². The molecule has 0 bridgehead atoms. The van der Waals surface area contributed by atoms with E-state index >= 15 is 0 Å². The highest BCUT2D eigenvalue weighted by atomic mass is 16.4. The Labute approximate surface area is 75.8 Å². The van der Waals surface area contributed by atoms with E-state index in [1.165, 1.54) is 4.90 Å². The topological polar surface area (TPSA) is 71.2 Å². The average Bonchev–Trinajstić information content (AvgIpc) is 2.50. The van der Waals surface area contributed by atoms with E-state index in [4.69, 9.17) is 5.11 Å². The van der Waals surface area contributed by atoms with E-state index in [1.54, 1.807) is 17.9 Å². The highest BCUT2D eigenvalue weighted by molar-refractivity contribution is 5.72. The van der Waals surface area contributed by atoms with Crippen molar-refractivity contribution in [1.82, 2.24) is 15.0 Å². The Bertz CT molecular complexity index is 296. The summed E-state index contributed by atoms with van der Waals surface area (Å²) in [6.07, 6.45) is 1.71. The Hall–Kier alpha value is -1.59. The first-order valence-corrected chi connectivity index (χ1v) is 3.96. The fraction of sp³-hybridized carbons (Fsp3) is 0.571. The minimum absolute atomic E-state index is 0.0671. The number of aliphatic carboxylic acids is 1. The minimum Gasteiger partial charge on any atom is -0.480 e. The molecule has 6 heteroatoms. The minimum atomic E-state index is -0.881. The third kappa shape index (κ3) is 2.43. The summed E-state index contributed by atoms with van der Waals surface area (Å²) in [6, 6.07) is 0. The second kappa shape index (κ2) is 3.88. The molecule has 13 heavy (non-hydrogen) atoms. The van der Waals surface area contributed by atoms with E-state index in [0.717, 1.165) is 6.54 Å². The summed E-state index contributed by atoms with van der Waals surface area (Å²) in [6.45, 7) is 2.60. The van der Waals surface area contributed by atoms with Crippen molar-refractivity contribution in [3.8, 4) is 0 Å². The molecule has 6 nitrogen and oxygen atoms in total. The normalized spacial score (nSPS) is 10.0. The van der Waals surface area contributed by atoms with Gasteiger partial charge in [-0.1, -0.05) is 5.21 Å². The fourth-order valence-corrected chi connectivity index (χ4v) is 0.902. The van der Waals surface area contributed by atoms with Gasteiger partial charge in [0.1, 0.15) is 6.54 Å². The van der Waals surface area contributed by atoms with Crippen molar-refractivity contribution in [3.63, 3.8) is 0 Å². The third-order valence-corrected chi connectivity index (χ3v) is 1.61. The van der Waals surface area contributed by atoms with Crippen LogP contribution in [-0.4, -0.2) is 39.7 Å². The van der Waals surface area contributed by atoms with Gasteiger partial charge in [-0.3, -0.25) is 9.48 Å². The summed E-state index contributed by atoms with van der Waals surface area (Å²) in [5.74, 6) is -0.308. The maximum absolute atomic E-state index is 10.4. The quantitative estimate of drug-likeness (QED) is 0.702. The van der Waals surface area contributed by atoms with E-state index in [2.05, 4.69) is 10.3 Å². The summed E-state index contributed by atoms with van der Waals surface area (Å²) < 4.78 is 1.65. The molecule has 0 aromatic carbocycles. The van der Waals surface area contributed by atoms with Crippen LogP contribution in [0, 0.1) is 0 Å². The van der Waals surface area contributed by atoms with E-state index in [9.17, 15) is 4.79 Å². The number of carboxylic acids is 1. The Balaban J connectivity index is 2.65. The monoisotopic (exact) mass is 184 g/mol. The maximum Gasteiger partial charge on any atom is 0.323 e. The van der Waals surface area contributed by atoms with Crippen LogP contribution in [-0.2, 0) is 11.3 Å². The molecule has 1 aromatic heterocycles. The lowest BCUT2D eigenvalue weighted by atomic mass is 10.5. The summed E-state index contributed by atoms with van der Waals surface area (Å²) in [5, 5.41) is 16.1. The van der Waals surface area contributed by atoms with Gasteiger partial charge in [-0.05, 0) is 6.92 Å². The molecule has 0 radical (unpaired) electrons. The van der Waals surface area contributed by atoms with E-state index in [1.807, 2.05) is 6.92 Å². The number of likely N-dealkylation sites (N-methyl/N-ethyl adjacent to an activating group) is 1. The van der Waals surface area contributed by atoms with E-state index in [-0.39, 0.29) is 6.54 Å². The Morgan fingerprint density at radius 1 is 1.77 bits per heavy atom. The summed E-state index contributed by atoms with van der Waals surface area (Å²) in [7, 11) is 1.66. The van der Waals surface area contributed by atoms with Gasteiger partial charge in [0.15, 0.2) is 5.82 Å². The molecule has 1 rings (SSSR count). The van der Waals surface area contributed by atoms with Crippen molar-refractivity contribution >= 4 is 11.8 Å². The molecule has 0 saturated heterocycles. The predicted molar refractivity (Wildman–Crippen MR) is 46.6 cm³/mol. The van der Waals surface area contributed by atoms with E-state index < -0.39 is 5.97 Å². The molecular weight excluding hydrogens is 172 g/mol. The van der Waals surface area contributed by atoms with Crippen molar-refractivity contribution < 1.29 is 9.90 Å². The van der Waals surface area contributed by atoms with Crippen LogP contribution in [0.15, 0.2) is 6.20 Å². The van der Waals surface area contributed by atoms with Crippen LogP contribution in [0.25, 0.3) is 0 Å². The van der Waals surface area contributed by atoms with Gasteiger partial charge in [0.25, 0.3) is 0 Å². The van der Waals surface area contributed by atoms with Crippen LogP contribution < -0.4 is 4.90 Å². The van der Waals surface area contributed by atoms with Gasteiger partial charge < -0.3 is 10.0 Å². The number of carboxylic acid groups (broad SMARTS) is 1. The zero-order chi connectivity index (χ0) is 9.84. The van der Waals surface area contributed by atoms with Crippen molar-refractivity contribution in [2.45, 2.75) is 13.5 Å². The molecule has 1 N–H and O–H groups in total. The number of anilines is 1. The SMILES string of the molecule is CCn1cc(N(C)CC(=O)O)nn1. The average molecular weight is 184 g/mol. The number of aromatic nitrogens is 3. The first-order chi connectivity index (χ1) is 6.13. The van der Waals surface area contributed by atoms with Gasteiger partial charge >= 0.3 is 5.97 Å². The molecule has 0 spiro atoms. The molecule has 0 aliphatic carbocycles. The van der Waals surface area contributed by atoms with Crippen molar-refractivity contribution in [1.29, 1.82) is 0 Å². The molecule has 0 aliphatic rings. The van der Waals surface area contributed by atoms with Gasteiger partial charge in [-0.15, -0.1) is 5.10 Å². The molecule has 1 aromatic rings. The molecule has 0 fully saturated rings. The molecule has 0 unspecified atom stereocenters. The van der Waals surface area contributed by atoms with Gasteiger partial charge in [0.05, 0.1) is 6.20 Å².